The molecule has 0 radical (unpaired) electrons. The molecule has 1 aromatic rings. The van der Waals surface area contributed by atoms with Gasteiger partial charge in [-0.2, -0.15) is 0 Å². The lowest BCUT2D eigenvalue weighted by atomic mass is 10.3. The molecule has 0 saturated carbocycles. The lowest BCUT2D eigenvalue weighted by Gasteiger charge is -2.22. The van der Waals surface area contributed by atoms with Gasteiger partial charge in [0, 0.05) is 18.7 Å². The van der Waals surface area contributed by atoms with Crippen LogP contribution in [0.15, 0.2) is 30.3 Å². The third-order valence-corrected chi connectivity index (χ3v) is 4.41. The summed E-state index contributed by atoms with van der Waals surface area (Å²) in [6.07, 6.45) is -0.230. The van der Waals surface area contributed by atoms with Gasteiger partial charge in [-0.1, -0.05) is 18.2 Å². The zero-order chi connectivity index (χ0) is 15.9. The lowest BCUT2D eigenvalue weighted by Crippen LogP contribution is -2.34. The fourth-order valence-electron chi connectivity index (χ4n) is 1.71. The van der Waals surface area contributed by atoms with Crippen molar-refractivity contribution in [3.8, 4) is 0 Å². The topological polar surface area (TPSA) is 118 Å². The van der Waals surface area contributed by atoms with Gasteiger partial charge in [-0.3, -0.25) is 9.59 Å². The van der Waals surface area contributed by atoms with E-state index in [9.17, 15) is 18.0 Å². The first-order valence-electron chi connectivity index (χ1n) is 6.31. The van der Waals surface area contributed by atoms with Crippen molar-refractivity contribution < 1.29 is 23.1 Å². The third-order valence-electron chi connectivity index (χ3n) is 2.78. The molecule has 0 aliphatic heterocycles. The molecular weight excluding hydrogens is 296 g/mol. The van der Waals surface area contributed by atoms with Crippen LogP contribution in [0.1, 0.15) is 6.42 Å². The van der Waals surface area contributed by atoms with Gasteiger partial charge in [0.15, 0.2) is 9.84 Å². The van der Waals surface area contributed by atoms with Gasteiger partial charge in [0.2, 0.25) is 5.91 Å². The first-order chi connectivity index (χ1) is 9.80. The highest BCUT2D eigenvalue weighted by Crippen LogP contribution is 2.13. The summed E-state index contributed by atoms with van der Waals surface area (Å²) in [5, 5.41) is 8.90. The number of rotatable bonds is 9. The van der Waals surface area contributed by atoms with Crippen LogP contribution in [-0.4, -0.2) is 50.0 Å². The number of benzene rings is 1. The number of carboxylic acid groups (broad SMARTS) is 1. The van der Waals surface area contributed by atoms with Crippen LogP contribution in [0.25, 0.3) is 0 Å². The zero-order valence-electron chi connectivity index (χ0n) is 11.4. The highest BCUT2D eigenvalue weighted by atomic mass is 32.2. The fourth-order valence-corrected chi connectivity index (χ4v) is 2.92. The average Bonchev–Trinajstić information content (AvgIpc) is 2.42. The molecular formula is C13H18N2O5S. The van der Waals surface area contributed by atoms with Crippen LogP contribution in [0.2, 0.25) is 0 Å². The van der Waals surface area contributed by atoms with Crippen molar-refractivity contribution in [3.63, 3.8) is 0 Å². The molecule has 0 saturated heterocycles. The van der Waals surface area contributed by atoms with Gasteiger partial charge in [0.1, 0.15) is 6.54 Å². The number of carboxylic acids is 1. The second-order valence-electron chi connectivity index (χ2n) is 4.52. The number of carbonyl (C=O) groups excluding carboxylic acids is 1. The van der Waals surface area contributed by atoms with E-state index in [2.05, 4.69) is 0 Å². The van der Waals surface area contributed by atoms with Gasteiger partial charge in [0.05, 0.1) is 11.5 Å². The Bertz CT molecular complexity index is 586. The highest BCUT2D eigenvalue weighted by Gasteiger charge is 2.17. The Morgan fingerprint density at radius 2 is 1.76 bits per heavy atom. The van der Waals surface area contributed by atoms with Crippen molar-refractivity contribution in [2.24, 2.45) is 5.73 Å². The molecule has 0 fully saturated rings. The molecule has 3 N–H and O–H groups in total. The van der Waals surface area contributed by atoms with Crippen LogP contribution in [-0.2, 0) is 19.4 Å². The van der Waals surface area contributed by atoms with E-state index < -0.39 is 21.7 Å². The first kappa shape index (κ1) is 17.0. The van der Waals surface area contributed by atoms with Crippen LogP contribution in [0.3, 0.4) is 0 Å². The normalized spacial score (nSPS) is 11.0. The largest absolute Gasteiger partial charge is 0.480 e. The summed E-state index contributed by atoms with van der Waals surface area (Å²) in [5.41, 5.74) is 5.55. The number of nitrogens with zero attached hydrogens (tertiary/aromatic N) is 1. The van der Waals surface area contributed by atoms with Crippen molar-refractivity contribution in [2.75, 3.05) is 29.5 Å². The molecule has 7 nitrogen and oxygen atoms in total. The molecule has 21 heavy (non-hydrogen) atoms. The molecule has 0 bridgehead atoms. The second kappa shape index (κ2) is 7.63. The molecule has 1 amide bonds. The van der Waals surface area contributed by atoms with Crippen molar-refractivity contribution >= 4 is 27.4 Å². The van der Waals surface area contributed by atoms with Crippen LogP contribution in [0, 0.1) is 0 Å². The number of aliphatic carboxylic acids is 1. The molecule has 1 rings (SSSR count). The molecule has 0 heterocycles. The van der Waals surface area contributed by atoms with E-state index in [0.29, 0.717) is 5.69 Å². The molecule has 0 atom stereocenters. The quantitative estimate of drug-likeness (QED) is 0.655. The van der Waals surface area contributed by atoms with Crippen molar-refractivity contribution in [3.05, 3.63) is 30.3 Å². The Kier molecular flexibility index (Phi) is 6.16. The highest BCUT2D eigenvalue weighted by molar-refractivity contribution is 7.91. The minimum Gasteiger partial charge on any atom is -0.480 e. The number of hydrogen-bond donors (Lipinski definition) is 2. The number of carbonyl (C=O) groups is 2. The first-order valence-corrected chi connectivity index (χ1v) is 8.13. The van der Waals surface area contributed by atoms with Gasteiger partial charge in [-0.25, -0.2) is 8.42 Å². The van der Waals surface area contributed by atoms with Crippen LogP contribution in [0.4, 0.5) is 5.69 Å². The number of hydrogen-bond acceptors (Lipinski definition) is 5. The summed E-state index contributed by atoms with van der Waals surface area (Å²) in [4.78, 5) is 23.0. The maximum Gasteiger partial charge on any atom is 0.323 e. The lowest BCUT2D eigenvalue weighted by molar-refractivity contribution is -0.135. The number of para-hydroxylation sites is 1. The predicted molar refractivity (Wildman–Crippen MR) is 78.8 cm³/mol. The Labute approximate surface area is 123 Å². The summed E-state index contributed by atoms with van der Waals surface area (Å²) < 4.78 is 23.5. The van der Waals surface area contributed by atoms with Gasteiger partial charge in [-0.05, 0) is 12.1 Å². The minimum absolute atomic E-state index is 0.0391. The number of anilines is 1. The monoisotopic (exact) mass is 314 g/mol. The van der Waals surface area contributed by atoms with E-state index in [1.54, 1.807) is 30.3 Å². The van der Waals surface area contributed by atoms with Crippen LogP contribution < -0.4 is 10.6 Å². The van der Waals surface area contributed by atoms with Crippen LogP contribution in [0.5, 0.6) is 0 Å². The molecule has 0 aliphatic carbocycles. The Morgan fingerprint density at radius 3 is 2.29 bits per heavy atom. The summed E-state index contributed by atoms with van der Waals surface area (Å²) in [6.45, 7) is -0.257. The molecule has 0 spiro atoms. The van der Waals surface area contributed by atoms with E-state index in [0.717, 1.165) is 0 Å². The third kappa shape index (κ3) is 6.75. The molecule has 8 heteroatoms. The Hall–Kier alpha value is -2.09. The van der Waals surface area contributed by atoms with Gasteiger partial charge < -0.3 is 15.7 Å². The molecule has 1 aromatic carbocycles. The minimum atomic E-state index is -3.45. The summed E-state index contributed by atoms with van der Waals surface area (Å²) in [5.74, 6) is -2.28. The molecule has 0 aliphatic rings. The standard InChI is InChI=1S/C13H18N2O5S/c14-12(16)6-8-21(19,20)9-7-15(10-13(17)18)11-4-2-1-3-5-11/h1-5H,6-10H2,(H2,14,16)(H,17,18). The Balaban J connectivity index is 2.70. The summed E-state index contributed by atoms with van der Waals surface area (Å²) in [6, 6.07) is 8.68. The smallest absolute Gasteiger partial charge is 0.323 e. The maximum absolute atomic E-state index is 11.8. The SMILES string of the molecule is NC(=O)CCS(=O)(=O)CCN(CC(=O)O)c1ccccc1. The van der Waals surface area contributed by atoms with Gasteiger partial charge in [-0.15, -0.1) is 0 Å². The van der Waals surface area contributed by atoms with Crippen molar-refractivity contribution in [1.29, 1.82) is 0 Å². The average molecular weight is 314 g/mol. The zero-order valence-corrected chi connectivity index (χ0v) is 12.3. The maximum atomic E-state index is 11.8. The number of nitrogens with two attached hydrogens (primary N) is 1. The predicted octanol–water partition coefficient (Wildman–Crippen LogP) is -0.132. The van der Waals surface area contributed by atoms with E-state index in [-0.39, 0.29) is 31.0 Å². The molecule has 0 aromatic heterocycles. The molecule has 0 unspecified atom stereocenters. The van der Waals surface area contributed by atoms with Crippen molar-refractivity contribution in [1.82, 2.24) is 0 Å². The molecule has 116 valence electrons. The number of primary amides is 1. The van der Waals surface area contributed by atoms with E-state index >= 15 is 0 Å². The van der Waals surface area contributed by atoms with E-state index in [1.165, 1.54) is 4.90 Å². The van der Waals surface area contributed by atoms with E-state index in [4.69, 9.17) is 10.8 Å². The fraction of sp³-hybridized carbons (Fsp3) is 0.385. The second-order valence-corrected chi connectivity index (χ2v) is 6.82. The van der Waals surface area contributed by atoms with Gasteiger partial charge in [0.25, 0.3) is 0 Å². The Morgan fingerprint density at radius 1 is 1.14 bits per heavy atom. The number of amides is 1. The summed E-state index contributed by atoms with van der Waals surface area (Å²) in [7, 11) is -3.45. The summed E-state index contributed by atoms with van der Waals surface area (Å²) >= 11 is 0. The van der Waals surface area contributed by atoms with E-state index in [1.807, 2.05) is 0 Å². The number of sulfone groups is 1. The van der Waals surface area contributed by atoms with Gasteiger partial charge >= 0.3 is 5.97 Å². The van der Waals surface area contributed by atoms with Crippen molar-refractivity contribution in [2.45, 2.75) is 6.42 Å². The van der Waals surface area contributed by atoms with Crippen LogP contribution >= 0.6 is 0 Å².